The quantitative estimate of drug-likeness (QED) is 0.858. The molecule has 5 heteroatoms. The van der Waals surface area contributed by atoms with Crippen LogP contribution in [-0.4, -0.2) is 34.0 Å². The summed E-state index contributed by atoms with van der Waals surface area (Å²) in [4.78, 5) is 4.32. The number of nitrogens with zero attached hydrogens (tertiary/aromatic N) is 3. The lowest BCUT2D eigenvalue weighted by molar-refractivity contribution is -0.141. The average Bonchev–Trinajstić information content (AvgIpc) is 2.76. The molecule has 0 aromatic carbocycles. The van der Waals surface area contributed by atoms with Gasteiger partial charge in [0.05, 0.1) is 18.2 Å². The summed E-state index contributed by atoms with van der Waals surface area (Å²) in [5, 5.41) is 7.54. The minimum absolute atomic E-state index is 0.172. The molecule has 0 amide bonds. The van der Waals surface area contributed by atoms with Crippen LogP contribution in [0.25, 0.3) is 0 Å². The molecule has 17 heavy (non-hydrogen) atoms. The predicted molar refractivity (Wildman–Crippen MR) is 63.6 cm³/mol. The standard InChI is InChI=1S/C12H20N4O/c1-13-8-11-14-9-15-16(11)10-3-6-17-12(7-10)4-2-5-12/h9-10,13H,2-8H2,1H3. The van der Waals surface area contributed by atoms with Crippen LogP contribution in [0, 0.1) is 0 Å². The summed E-state index contributed by atoms with van der Waals surface area (Å²) in [6, 6.07) is 0.468. The Morgan fingerprint density at radius 2 is 2.47 bits per heavy atom. The van der Waals surface area contributed by atoms with Gasteiger partial charge < -0.3 is 10.1 Å². The van der Waals surface area contributed by atoms with Crippen molar-refractivity contribution in [1.29, 1.82) is 0 Å². The molecule has 1 aromatic heterocycles. The van der Waals surface area contributed by atoms with Crippen LogP contribution >= 0.6 is 0 Å². The fraction of sp³-hybridized carbons (Fsp3) is 0.833. The summed E-state index contributed by atoms with van der Waals surface area (Å²) in [6.07, 6.45) is 7.58. The molecule has 5 nitrogen and oxygen atoms in total. The van der Waals surface area contributed by atoms with Crippen LogP contribution in [0.4, 0.5) is 0 Å². The number of nitrogens with one attached hydrogen (secondary N) is 1. The second-order valence-corrected chi connectivity index (χ2v) is 5.18. The summed E-state index contributed by atoms with van der Waals surface area (Å²) >= 11 is 0. The van der Waals surface area contributed by atoms with Crippen LogP contribution in [0.3, 0.4) is 0 Å². The summed E-state index contributed by atoms with van der Waals surface area (Å²) < 4.78 is 8.05. The van der Waals surface area contributed by atoms with Gasteiger partial charge in [-0.05, 0) is 39.2 Å². The van der Waals surface area contributed by atoms with Crippen molar-refractivity contribution in [1.82, 2.24) is 20.1 Å². The maximum absolute atomic E-state index is 5.95. The molecule has 1 saturated carbocycles. The van der Waals surface area contributed by atoms with E-state index in [9.17, 15) is 0 Å². The molecule has 1 aromatic rings. The molecule has 0 bridgehead atoms. The first-order valence-electron chi connectivity index (χ1n) is 6.50. The highest BCUT2D eigenvalue weighted by atomic mass is 16.5. The van der Waals surface area contributed by atoms with Crippen LogP contribution in [-0.2, 0) is 11.3 Å². The summed E-state index contributed by atoms with van der Waals surface area (Å²) in [7, 11) is 1.94. The van der Waals surface area contributed by atoms with Crippen molar-refractivity contribution >= 4 is 0 Å². The molecule has 1 aliphatic heterocycles. The Kier molecular flexibility index (Phi) is 2.88. The van der Waals surface area contributed by atoms with E-state index in [1.807, 2.05) is 7.05 Å². The predicted octanol–water partition coefficient (Wildman–Crippen LogP) is 1.27. The van der Waals surface area contributed by atoms with E-state index in [4.69, 9.17) is 4.74 Å². The van der Waals surface area contributed by atoms with Crippen molar-refractivity contribution in [2.75, 3.05) is 13.7 Å². The van der Waals surface area contributed by atoms with E-state index < -0.39 is 0 Å². The maximum atomic E-state index is 5.95. The molecule has 1 N–H and O–H groups in total. The summed E-state index contributed by atoms with van der Waals surface area (Å²) in [5.74, 6) is 1.04. The first-order chi connectivity index (χ1) is 8.33. The van der Waals surface area contributed by atoms with E-state index in [0.717, 1.165) is 31.8 Å². The van der Waals surface area contributed by atoms with Gasteiger partial charge in [0.2, 0.25) is 0 Å². The topological polar surface area (TPSA) is 52.0 Å². The molecule has 1 aliphatic carbocycles. The molecular weight excluding hydrogens is 216 g/mol. The highest BCUT2D eigenvalue weighted by molar-refractivity contribution is 4.97. The second-order valence-electron chi connectivity index (χ2n) is 5.18. The van der Waals surface area contributed by atoms with Crippen molar-refractivity contribution < 1.29 is 4.74 Å². The normalized spacial score (nSPS) is 27.0. The fourth-order valence-corrected chi connectivity index (χ4v) is 2.99. The molecule has 2 aliphatic rings. The zero-order chi connectivity index (χ0) is 11.7. The third kappa shape index (κ3) is 1.98. The van der Waals surface area contributed by atoms with Gasteiger partial charge in [-0.25, -0.2) is 9.67 Å². The lowest BCUT2D eigenvalue weighted by Crippen LogP contribution is -2.46. The highest BCUT2D eigenvalue weighted by Crippen LogP contribution is 2.45. The first-order valence-corrected chi connectivity index (χ1v) is 6.50. The molecule has 2 fully saturated rings. The zero-order valence-corrected chi connectivity index (χ0v) is 10.4. The molecule has 2 heterocycles. The molecule has 1 unspecified atom stereocenters. The Labute approximate surface area is 102 Å². The van der Waals surface area contributed by atoms with E-state index in [0.29, 0.717) is 6.04 Å². The van der Waals surface area contributed by atoms with Gasteiger partial charge >= 0.3 is 0 Å². The third-order valence-corrected chi connectivity index (χ3v) is 4.06. The van der Waals surface area contributed by atoms with E-state index in [2.05, 4.69) is 20.1 Å². The van der Waals surface area contributed by atoms with E-state index in [-0.39, 0.29) is 5.60 Å². The van der Waals surface area contributed by atoms with E-state index >= 15 is 0 Å². The summed E-state index contributed by atoms with van der Waals surface area (Å²) in [5.41, 5.74) is 0.172. The smallest absolute Gasteiger partial charge is 0.141 e. The first kappa shape index (κ1) is 11.2. The number of ether oxygens (including phenoxy) is 1. The Morgan fingerprint density at radius 3 is 3.18 bits per heavy atom. The molecule has 94 valence electrons. The van der Waals surface area contributed by atoms with Crippen molar-refractivity contribution in [3.8, 4) is 0 Å². The Morgan fingerprint density at radius 1 is 1.59 bits per heavy atom. The van der Waals surface area contributed by atoms with Crippen molar-refractivity contribution in [2.24, 2.45) is 0 Å². The van der Waals surface area contributed by atoms with E-state index in [1.165, 1.54) is 19.3 Å². The monoisotopic (exact) mass is 236 g/mol. The van der Waals surface area contributed by atoms with Gasteiger partial charge in [0, 0.05) is 6.61 Å². The van der Waals surface area contributed by atoms with Crippen LogP contribution in [0.2, 0.25) is 0 Å². The lowest BCUT2D eigenvalue weighted by Gasteiger charge is -2.47. The van der Waals surface area contributed by atoms with Gasteiger partial charge in [-0.1, -0.05) is 0 Å². The van der Waals surface area contributed by atoms with Crippen LogP contribution in [0.5, 0.6) is 0 Å². The van der Waals surface area contributed by atoms with Crippen LogP contribution < -0.4 is 5.32 Å². The number of rotatable bonds is 3. The molecule has 1 atom stereocenters. The van der Waals surface area contributed by atoms with Crippen molar-refractivity contribution in [3.05, 3.63) is 12.2 Å². The molecule has 1 saturated heterocycles. The number of hydrogen-bond donors (Lipinski definition) is 1. The molecule has 3 rings (SSSR count). The second kappa shape index (κ2) is 4.38. The molecular formula is C12H20N4O. The Balaban J connectivity index is 1.76. The Hall–Kier alpha value is -0.940. The van der Waals surface area contributed by atoms with Gasteiger partial charge in [0.25, 0.3) is 0 Å². The van der Waals surface area contributed by atoms with Gasteiger partial charge in [-0.2, -0.15) is 5.10 Å². The van der Waals surface area contributed by atoms with Crippen LogP contribution in [0.1, 0.15) is 44.0 Å². The van der Waals surface area contributed by atoms with Gasteiger partial charge in [0.15, 0.2) is 0 Å². The minimum atomic E-state index is 0.172. The van der Waals surface area contributed by atoms with Crippen molar-refractivity contribution in [3.63, 3.8) is 0 Å². The molecule has 0 radical (unpaired) electrons. The zero-order valence-electron chi connectivity index (χ0n) is 10.4. The maximum Gasteiger partial charge on any atom is 0.141 e. The van der Waals surface area contributed by atoms with Crippen molar-refractivity contribution in [2.45, 2.75) is 50.3 Å². The van der Waals surface area contributed by atoms with E-state index in [1.54, 1.807) is 6.33 Å². The minimum Gasteiger partial charge on any atom is -0.375 e. The SMILES string of the molecule is CNCc1ncnn1C1CCOC2(CCC2)C1. The average molecular weight is 236 g/mol. The van der Waals surface area contributed by atoms with Crippen LogP contribution in [0.15, 0.2) is 6.33 Å². The fourth-order valence-electron chi connectivity index (χ4n) is 2.99. The highest BCUT2D eigenvalue weighted by Gasteiger charge is 2.43. The van der Waals surface area contributed by atoms with Gasteiger partial charge in [-0.3, -0.25) is 0 Å². The molecule has 1 spiro atoms. The number of hydrogen-bond acceptors (Lipinski definition) is 4. The summed E-state index contributed by atoms with van der Waals surface area (Å²) in [6.45, 7) is 1.65. The number of aromatic nitrogens is 3. The third-order valence-electron chi connectivity index (χ3n) is 4.06. The van der Waals surface area contributed by atoms with Gasteiger partial charge in [0.1, 0.15) is 12.2 Å². The van der Waals surface area contributed by atoms with Gasteiger partial charge in [-0.15, -0.1) is 0 Å². The lowest BCUT2D eigenvalue weighted by atomic mass is 9.74. The largest absolute Gasteiger partial charge is 0.375 e. The Bertz CT molecular complexity index is 386.